The van der Waals surface area contributed by atoms with Gasteiger partial charge in [-0.2, -0.15) is 0 Å². The van der Waals surface area contributed by atoms with Crippen LogP contribution >= 0.6 is 0 Å². The van der Waals surface area contributed by atoms with Crippen molar-refractivity contribution in [3.63, 3.8) is 0 Å². The third-order valence-electron chi connectivity index (χ3n) is 3.11. The van der Waals surface area contributed by atoms with Gasteiger partial charge in [-0.25, -0.2) is 0 Å². The van der Waals surface area contributed by atoms with Crippen LogP contribution in [0.15, 0.2) is 54.6 Å². The number of rotatable bonds is 3. The zero-order valence-corrected chi connectivity index (χ0v) is 9.29. The predicted molar refractivity (Wildman–Crippen MR) is 67.7 cm³/mol. The summed E-state index contributed by atoms with van der Waals surface area (Å²) in [5.41, 5.74) is 13.5. The monoisotopic (exact) mass is 214 g/mol. The predicted octanol–water partition coefficient (Wildman–Crippen LogP) is 2.15. The Hall–Kier alpha value is -1.38. The molecule has 3 atom stereocenters. The molecule has 4 N–H and O–H groups in total. The van der Waals surface area contributed by atoms with Crippen molar-refractivity contribution in [3.8, 4) is 0 Å². The maximum atomic E-state index is 6.21. The Balaban J connectivity index is 2.07. The first-order valence-corrected chi connectivity index (χ1v) is 5.68. The third-order valence-corrected chi connectivity index (χ3v) is 3.11. The topological polar surface area (TPSA) is 52.0 Å². The Morgan fingerprint density at radius 3 is 2.44 bits per heavy atom. The summed E-state index contributed by atoms with van der Waals surface area (Å²) in [4.78, 5) is 0. The maximum absolute atomic E-state index is 6.21. The summed E-state index contributed by atoms with van der Waals surface area (Å²) in [6.07, 6.45) is 9.37. The van der Waals surface area contributed by atoms with E-state index in [4.69, 9.17) is 11.5 Å². The Kier molecular flexibility index (Phi) is 3.54. The Morgan fingerprint density at radius 2 is 1.81 bits per heavy atom. The van der Waals surface area contributed by atoms with Crippen LogP contribution in [0.2, 0.25) is 0 Å². The number of hydrogen-bond acceptors (Lipinski definition) is 2. The molecule has 1 aliphatic rings. The van der Waals surface area contributed by atoms with Gasteiger partial charge in [-0.1, -0.05) is 54.6 Å². The molecule has 0 spiro atoms. The van der Waals surface area contributed by atoms with Gasteiger partial charge in [0, 0.05) is 12.1 Å². The summed E-state index contributed by atoms with van der Waals surface area (Å²) in [5, 5.41) is 0. The minimum atomic E-state index is -0.0950. The summed E-state index contributed by atoms with van der Waals surface area (Å²) in [6, 6.07) is 9.94. The minimum Gasteiger partial charge on any atom is -0.326 e. The van der Waals surface area contributed by atoms with Gasteiger partial charge in [-0.3, -0.25) is 0 Å². The highest BCUT2D eigenvalue weighted by atomic mass is 14.8. The number of benzene rings is 1. The first kappa shape index (κ1) is 11.1. The van der Waals surface area contributed by atoms with Gasteiger partial charge in [-0.15, -0.1) is 0 Å². The van der Waals surface area contributed by atoms with Crippen LogP contribution in [-0.2, 0) is 0 Å². The van der Waals surface area contributed by atoms with E-state index in [1.54, 1.807) is 0 Å². The van der Waals surface area contributed by atoms with E-state index in [1.165, 1.54) is 0 Å². The Morgan fingerprint density at radius 1 is 1.06 bits per heavy atom. The summed E-state index contributed by atoms with van der Waals surface area (Å²) in [6.45, 7) is 0. The fourth-order valence-corrected chi connectivity index (χ4v) is 2.05. The molecule has 1 aliphatic carbocycles. The minimum absolute atomic E-state index is 0.0244. The van der Waals surface area contributed by atoms with Crippen molar-refractivity contribution in [1.29, 1.82) is 0 Å². The van der Waals surface area contributed by atoms with Crippen LogP contribution in [0.5, 0.6) is 0 Å². The van der Waals surface area contributed by atoms with E-state index in [2.05, 4.69) is 18.2 Å². The zero-order chi connectivity index (χ0) is 11.4. The van der Waals surface area contributed by atoms with Crippen LogP contribution in [0, 0.1) is 5.92 Å². The lowest BCUT2D eigenvalue weighted by atomic mass is 9.86. The van der Waals surface area contributed by atoms with E-state index < -0.39 is 0 Å². The Labute approximate surface area is 96.6 Å². The summed E-state index contributed by atoms with van der Waals surface area (Å²) in [5.74, 6) is 0.347. The molecule has 0 aliphatic heterocycles. The van der Waals surface area contributed by atoms with Crippen LogP contribution in [-0.4, -0.2) is 6.04 Å². The van der Waals surface area contributed by atoms with E-state index in [-0.39, 0.29) is 12.1 Å². The van der Waals surface area contributed by atoms with Gasteiger partial charge < -0.3 is 11.5 Å². The van der Waals surface area contributed by atoms with Crippen molar-refractivity contribution in [1.82, 2.24) is 0 Å². The molecule has 0 bridgehead atoms. The fourth-order valence-electron chi connectivity index (χ4n) is 2.05. The highest BCUT2D eigenvalue weighted by Crippen LogP contribution is 2.23. The SMILES string of the molecule is NC(c1ccccc1)C(N)[C@@H]1C=CC=CC1. The van der Waals surface area contributed by atoms with Gasteiger partial charge in [0.2, 0.25) is 0 Å². The average Bonchev–Trinajstić information content (AvgIpc) is 2.39. The lowest BCUT2D eigenvalue weighted by Crippen LogP contribution is -2.39. The van der Waals surface area contributed by atoms with Crippen LogP contribution in [0.4, 0.5) is 0 Å². The summed E-state index contributed by atoms with van der Waals surface area (Å²) in [7, 11) is 0. The largest absolute Gasteiger partial charge is 0.326 e. The van der Waals surface area contributed by atoms with Crippen LogP contribution < -0.4 is 11.5 Å². The molecule has 2 rings (SSSR count). The Bertz CT molecular complexity index is 381. The summed E-state index contributed by atoms with van der Waals surface area (Å²) < 4.78 is 0. The molecule has 0 saturated carbocycles. The van der Waals surface area contributed by atoms with Crippen molar-refractivity contribution in [2.75, 3.05) is 0 Å². The van der Waals surface area contributed by atoms with E-state index in [0.717, 1.165) is 12.0 Å². The highest BCUT2D eigenvalue weighted by molar-refractivity contribution is 5.22. The van der Waals surface area contributed by atoms with Crippen molar-refractivity contribution in [2.24, 2.45) is 17.4 Å². The molecule has 2 unspecified atom stereocenters. The van der Waals surface area contributed by atoms with Gasteiger partial charge in [0.1, 0.15) is 0 Å². The van der Waals surface area contributed by atoms with Crippen molar-refractivity contribution in [2.45, 2.75) is 18.5 Å². The molecule has 84 valence electrons. The zero-order valence-electron chi connectivity index (χ0n) is 9.29. The molecule has 0 amide bonds. The van der Waals surface area contributed by atoms with E-state index in [9.17, 15) is 0 Å². The highest BCUT2D eigenvalue weighted by Gasteiger charge is 2.22. The standard InChI is InChI=1S/C14H18N2/c15-13(11-7-3-1-4-8-11)14(16)12-9-5-2-6-10-12/h1-9,12-14H,10,15-16H2/t12-,13?,14?/m1/s1. The molecule has 0 aromatic heterocycles. The van der Waals surface area contributed by atoms with Crippen LogP contribution in [0.1, 0.15) is 18.0 Å². The van der Waals surface area contributed by atoms with E-state index in [0.29, 0.717) is 5.92 Å². The van der Waals surface area contributed by atoms with Gasteiger partial charge in [-0.05, 0) is 17.9 Å². The maximum Gasteiger partial charge on any atom is 0.0454 e. The molecule has 0 radical (unpaired) electrons. The number of allylic oxidation sites excluding steroid dienone is 3. The first-order chi connectivity index (χ1) is 7.79. The fraction of sp³-hybridized carbons (Fsp3) is 0.286. The van der Waals surface area contributed by atoms with Gasteiger partial charge >= 0.3 is 0 Å². The number of hydrogen-bond donors (Lipinski definition) is 2. The molecular weight excluding hydrogens is 196 g/mol. The van der Waals surface area contributed by atoms with E-state index in [1.807, 2.05) is 36.4 Å². The normalized spacial score (nSPS) is 23.0. The van der Waals surface area contributed by atoms with Gasteiger partial charge in [0.15, 0.2) is 0 Å². The molecule has 2 nitrogen and oxygen atoms in total. The molecule has 1 aromatic rings. The van der Waals surface area contributed by atoms with Crippen molar-refractivity contribution in [3.05, 3.63) is 60.2 Å². The van der Waals surface area contributed by atoms with Gasteiger partial charge in [0.25, 0.3) is 0 Å². The molecule has 16 heavy (non-hydrogen) atoms. The number of nitrogens with two attached hydrogens (primary N) is 2. The van der Waals surface area contributed by atoms with Crippen LogP contribution in [0.3, 0.4) is 0 Å². The smallest absolute Gasteiger partial charge is 0.0454 e. The molecular formula is C14H18N2. The van der Waals surface area contributed by atoms with Crippen LogP contribution in [0.25, 0.3) is 0 Å². The lowest BCUT2D eigenvalue weighted by Gasteiger charge is -2.27. The van der Waals surface area contributed by atoms with E-state index >= 15 is 0 Å². The molecule has 0 heterocycles. The van der Waals surface area contributed by atoms with Gasteiger partial charge in [0.05, 0.1) is 0 Å². The molecule has 1 aromatic carbocycles. The summed E-state index contributed by atoms with van der Waals surface area (Å²) >= 11 is 0. The lowest BCUT2D eigenvalue weighted by molar-refractivity contribution is 0.431. The average molecular weight is 214 g/mol. The molecule has 0 fully saturated rings. The van der Waals surface area contributed by atoms with Crippen molar-refractivity contribution >= 4 is 0 Å². The second kappa shape index (κ2) is 5.10. The first-order valence-electron chi connectivity index (χ1n) is 5.68. The second-order valence-corrected chi connectivity index (χ2v) is 4.23. The quantitative estimate of drug-likeness (QED) is 0.810. The molecule has 2 heteroatoms. The van der Waals surface area contributed by atoms with Crippen molar-refractivity contribution < 1.29 is 0 Å². The molecule has 0 saturated heterocycles. The second-order valence-electron chi connectivity index (χ2n) is 4.23. The third kappa shape index (κ3) is 2.40.